The molecule has 0 radical (unpaired) electrons. The third kappa shape index (κ3) is 2.99. The number of aryl methyl sites for hydroxylation is 3. The fourth-order valence-electron chi connectivity index (χ4n) is 1.96. The van der Waals surface area contributed by atoms with Crippen LogP contribution in [0.5, 0.6) is 0 Å². The molecule has 0 bridgehead atoms. The van der Waals surface area contributed by atoms with Crippen molar-refractivity contribution in [1.82, 2.24) is 20.1 Å². The molecule has 0 fully saturated rings. The molecular weight excluding hydrogens is 240 g/mol. The molecule has 100 valence electrons. The van der Waals surface area contributed by atoms with Crippen molar-refractivity contribution < 1.29 is 4.79 Å². The molecule has 0 aliphatic heterocycles. The molecule has 0 spiro atoms. The standard InChI is InChI=1S/C14H18N4O/c1-9-5-6-12(10(2)7-9)8-18(4)14(19)13-15-11(3)16-17-13/h5-7H,8H2,1-4H3,(H,15,16,17). The fraction of sp³-hybridized carbons (Fsp3) is 0.357. The van der Waals surface area contributed by atoms with Gasteiger partial charge in [-0.05, 0) is 31.9 Å². The Balaban J connectivity index is 2.12. The number of carbonyl (C=O) groups is 1. The molecule has 1 amide bonds. The molecule has 1 aromatic heterocycles. The van der Waals surface area contributed by atoms with E-state index in [1.54, 1.807) is 18.9 Å². The van der Waals surface area contributed by atoms with Crippen LogP contribution in [-0.4, -0.2) is 33.0 Å². The van der Waals surface area contributed by atoms with Crippen LogP contribution in [0.25, 0.3) is 0 Å². The highest BCUT2D eigenvalue weighted by molar-refractivity contribution is 5.90. The van der Waals surface area contributed by atoms with Crippen LogP contribution in [0.4, 0.5) is 0 Å². The van der Waals surface area contributed by atoms with Gasteiger partial charge in [0.25, 0.3) is 5.91 Å². The molecule has 0 aliphatic carbocycles. The summed E-state index contributed by atoms with van der Waals surface area (Å²) >= 11 is 0. The first-order valence-corrected chi connectivity index (χ1v) is 6.18. The number of H-pyrrole nitrogens is 1. The minimum absolute atomic E-state index is 0.177. The lowest BCUT2D eigenvalue weighted by atomic mass is 10.1. The summed E-state index contributed by atoms with van der Waals surface area (Å²) in [5.41, 5.74) is 3.54. The molecule has 1 heterocycles. The number of aromatic nitrogens is 3. The molecule has 0 saturated carbocycles. The van der Waals surface area contributed by atoms with Gasteiger partial charge in [0.05, 0.1) is 0 Å². The number of hydrogen-bond acceptors (Lipinski definition) is 3. The molecular formula is C14H18N4O. The van der Waals surface area contributed by atoms with Gasteiger partial charge in [-0.25, -0.2) is 4.98 Å². The van der Waals surface area contributed by atoms with E-state index in [2.05, 4.69) is 47.2 Å². The zero-order valence-corrected chi connectivity index (χ0v) is 11.7. The third-order valence-corrected chi connectivity index (χ3v) is 3.04. The molecule has 0 atom stereocenters. The maximum atomic E-state index is 12.1. The Labute approximate surface area is 112 Å². The van der Waals surface area contributed by atoms with Gasteiger partial charge in [-0.15, -0.1) is 5.10 Å². The molecule has 2 aromatic rings. The first-order valence-electron chi connectivity index (χ1n) is 6.18. The second kappa shape index (κ2) is 5.22. The van der Waals surface area contributed by atoms with Gasteiger partial charge in [0.15, 0.2) is 0 Å². The Bertz CT molecular complexity index is 603. The van der Waals surface area contributed by atoms with Crippen LogP contribution in [0.2, 0.25) is 0 Å². The number of carbonyl (C=O) groups excluding carboxylic acids is 1. The predicted molar refractivity (Wildman–Crippen MR) is 72.8 cm³/mol. The Hall–Kier alpha value is -2.17. The van der Waals surface area contributed by atoms with Crippen molar-refractivity contribution in [3.63, 3.8) is 0 Å². The summed E-state index contributed by atoms with van der Waals surface area (Å²) < 4.78 is 0. The Morgan fingerprint density at radius 1 is 1.32 bits per heavy atom. The van der Waals surface area contributed by atoms with Crippen LogP contribution in [0.1, 0.15) is 33.1 Å². The van der Waals surface area contributed by atoms with E-state index in [-0.39, 0.29) is 11.7 Å². The van der Waals surface area contributed by atoms with Crippen LogP contribution in [-0.2, 0) is 6.54 Å². The van der Waals surface area contributed by atoms with Gasteiger partial charge in [-0.3, -0.25) is 9.89 Å². The van der Waals surface area contributed by atoms with Crippen molar-refractivity contribution in [3.8, 4) is 0 Å². The van der Waals surface area contributed by atoms with Gasteiger partial charge in [0.1, 0.15) is 5.82 Å². The molecule has 0 unspecified atom stereocenters. The number of amides is 1. The second-order valence-corrected chi connectivity index (χ2v) is 4.84. The van der Waals surface area contributed by atoms with E-state index < -0.39 is 0 Å². The van der Waals surface area contributed by atoms with Crippen LogP contribution in [0.15, 0.2) is 18.2 Å². The van der Waals surface area contributed by atoms with Crippen molar-refractivity contribution >= 4 is 5.91 Å². The maximum absolute atomic E-state index is 12.1. The molecule has 1 N–H and O–H groups in total. The summed E-state index contributed by atoms with van der Waals surface area (Å²) in [6.07, 6.45) is 0. The molecule has 1 aromatic carbocycles. The van der Waals surface area contributed by atoms with E-state index in [1.807, 2.05) is 0 Å². The minimum atomic E-state index is -0.177. The van der Waals surface area contributed by atoms with Crippen molar-refractivity contribution in [2.75, 3.05) is 7.05 Å². The zero-order valence-electron chi connectivity index (χ0n) is 11.7. The van der Waals surface area contributed by atoms with Crippen LogP contribution in [0, 0.1) is 20.8 Å². The lowest BCUT2D eigenvalue weighted by molar-refractivity contribution is 0.0773. The van der Waals surface area contributed by atoms with Crippen molar-refractivity contribution in [2.45, 2.75) is 27.3 Å². The van der Waals surface area contributed by atoms with Crippen LogP contribution < -0.4 is 0 Å². The number of aromatic amines is 1. The number of nitrogens with zero attached hydrogens (tertiary/aromatic N) is 3. The second-order valence-electron chi connectivity index (χ2n) is 4.84. The summed E-state index contributed by atoms with van der Waals surface area (Å²) in [5.74, 6) is 0.678. The highest BCUT2D eigenvalue weighted by Gasteiger charge is 2.17. The summed E-state index contributed by atoms with van der Waals surface area (Å²) in [6.45, 7) is 6.44. The summed E-state index contributed by atoms with van der Waals surface area (Å²) in [5, 5.41) is 6.57. The molecule has 19 heavy (non-hydrogen) atoms. The van der Waals surface area contributed by atoms with Crippen molar-refractivity contribution in [2.24, 2.45) is 0 Å². The van der Waals surface area contributed by atoms with E-state index in [4.69, 9.17) is 0 Å². The van der Waals surface area contributed by atoms with E-state index in [0.29, 0.717) is 12.4 Å². The van der Waals surface area contributed by atoms with Gasteiger partial charge in [0, 0.05) is 13.6 Å². The van der Waals surface area contributed by atoms with E-state index in [1.165, 1.54) is 11.1 Å². The fourth-order valence-corrected chi connectivity index (χ4v) is 1.96. The Morgan fingerprint density at radius 2 is 2.05 bits per heavy atom. The maximum Gasteiger partial charge on any atom is 0.293 e. The topological polar surface area (TPSA) is 61.9 Å². The number of benzene rings is 1. The van der Waals surface area contributed by atoms with Gasteiger partial charge in [-0.1, -0.05) is 23.8 Å². The molecule has 0 saturated heterocycles. The highest BCUT2D eigenvalue weighted by atomic mass is 16.2. The first kappa shape index (κ1) is 13.3. The Morgan fingerprint density at radius 3 is 2.63 bits per heavy atom. The van der Waals surface area contributed by atoms with Gasteiger partial charge in [0.2, 0.25) is 5.82 Å². The predicted octanol–water partition coefficient (Wildman–Crippen LogP) is 2.00. The van der Waals surface area contributed by atoms with Gasteiger partial charge in [-0.2, -0.15) is 0 Å². The first-order chi connectivity index (χ1) is 8.97. The summed E-state index contributed by atoms with van der Waals surface area (Å²) in [7, 11) is 1.76. The average molecular weight is 258 g/mol. The van der Waals surface area contributed by atoms with E-state index in [9.17, 15) is 4.79 Å². The van der Waals surface area contributed by atoms with Crippen molar-refractivity contribution in [3.05, 3.63) is 46.5 Å². The van der Waals surface area contributed by atoms with Crippen molar-refractivity contribution in [1.29, 1.82) is 0 Å². The van der Waals surface area contributed by atoms with Crippen LogP contribution in [0.3, 0.4) is 0 Å². The lowest BCUT2D eigenvalue weighted by Gasteiger charge is -2.17. The summed E-state index contributed by atoms with van der Waals surface area (Å²) in [6, 6.07) is 6.22. The smallest absolute Gasteiger partial charge is 0.293 e. The highest BCUT2D eigenvalue weighted by Crippen LogP contribution is 2.13. The van der Waals surface area contributed by atoms with Gasteiger partial charge < -0.3 is 4.90 Å². The lowest BCUT2D eigenvalue weighted by Crippen LogP contribution is -2.27. The van der Waals surface area contributed by atoms with Crippen LogP contribution >= 0.6 is 0 Å². The van der Waals surface area contributed by atoms with E-state index in [0.717, 1.165) is 5.56 Å². The molecule has 5 heteroatoms. The number of hydrogen-bond donors (Lipinski definition) is 1. The minimum Gasteiger partial charge on any atom is -0.335 e. The molecule has 0 aliphatic rings. The number of nitrogens with one attached hydrogen (secondary N) is 1. The summed E-state index contributed by atoms with van der Waals surface area (Å²) in [4.78, 5) is 17.8. The third-order valence-electron chi connectivity index (χ3n) is 3.04. The SMILES string of the molecule is Cc1ccc(CN(C)C(=O)c2n[nH]c(C)n2)c(C)c1. The molecule has 2 rings (SSSR count). The average Bonchev–Trinajstić information content (AvgIpc) is 2.78. The largest absolute Gasteiger partial charge is 0.335 e. The molecule has 5 nitrogen and oxygen atoms in total. The monoisotopic (exact) mass is 258 g/mol. The van der Waals surface area contributed by atoms with Gasteiger partial charge >= 0.3 is 0 Å². The zero-order chi connectivity index (χ0) is 14.0. The Kier molecular flexibility index (Phi) is 3.64. The normalized spacial score (nSPS) is 10.5. The quantitative estimate of drug-likeness (QED) is 0.916. The number of rotatable bonds is 3. The van der Waals surface area contributed by atoms with E-state index >= 15 is 0 Å².